The summed E-state index contributed by atoms with van der Waals surface area (Å²) in [6.45, 7) is 2.52. The summed E-state index contributed by atoms with van der Waals surface area (Å²) in [5, 5.41) is 18.6. The van der Waals surface area contributed by atoms with E-state index in [4.69, 9.17) is 9.84 Å². The number of unbranched alkanes of at least 4 members (excludes halogenated alkanes) is 1. The van der Waals surface area contributed by atoms with Gasteiger partial charge < -0.3 is 14.9 Å². The lowest BCUT2D eigenvalue weighted by atomic mass is 10.1. The summed E-state index contributed by atoms with van der Waals surface area (Å²) in [6.07, 6.45) is 19.0. The van der Waals surface area contributed by atoms with Gasteiger partial charge in [-0.3, -0.25) is 4.79 Å². The van der Waals surface area contributed by atoms with Crippen molar-refractivity contribution in [2.45, 2.75) is 45.1 Å². The molecule has 0 aliphatic heterocycles. The fraction of sp³-hybridized carbons (Fsp3) is 0.348. The molecule has 0 aromatic heterocycles. The Labute approximate surface area is 162 Å². The monoisotopic (exact) mass is 370 g/mol. The van der Waals surface area contributed by atoms with E-state index in [1.54, 1.807) is 30.3 Å². The zero-order valence-electron chi connectivity index (χ0n) is 16.0. The number of hydrogen-bond donors (Lipinski definition) is 2. The lowest BCUT2D eigenvalue weighted by Gasteiger charge is -2.08. The summed E-state index contributed by atoms with van der Waals surface area (Å²) in [7, 11) is 0. The van der Waals surface area contributed by atoms with Crippen molar-refractivity contribution in [2.75, 3.05) is 6.61 Å². The van der Waals surface area contributed by atoms with E-state index in [-0.39, 0.29) is 6.42 Å². The molecule has 4 nitrogen and oxygen atoms in total. The number of ether oxygens (including phenoxy) is 1. The quantitative estimate of drug-likeness (QED) is 0.296. The largest absolute Gasteiger partial charge is 0.493 e. The minimum Gasteiger partial charge on any atom is -0.493 e. The maximum absolute atomic E-state index is 10.6. The number of allylic oxidation sites excluding steroid dienone is 7. The topological polar surface area (TPSA) is 66.8 Å². The molecule has 0 bridgehead atoms. The fourth-order valence-electron chi connectivity index (χ4n) is 2.24. The molecule has 0 fully saturated rings. The van der Waals surface area contributed by atoms with Gasteiger partial charge in [0.05, 0.1) is 19.1 Å². The smallest absolute Gasteiger partial charge is 0.307 e. The Morgan fingerprint density at radius 3 is 2.44 bits per heavy atom. The van der Waals surface area contributed by atoms with Gasteiger partial charge in [0, 0.05) is 6.42 Å². The van der Waals surface area contributed by atoms with Crippen LogP contribution < -0.4 is 4.74 Å². The number of carboxylic acid groups (broad SMARTS) is 1. The molecule has 0 heterocycles. The number of aliphatic hydroxyl groups excluding tert-OH is 1. The molecule has 4 heteroatoms. The highest BCUT2D eigenvalue weighted by molar-refractivity contribution is 5.70. The van der Waals surface area contributed by atoms with Crippen molar-refractivity contribution in [1.29, 1.82) is 0 Å². The Morgan fingerprint density at radius 2 is 1.74 bits per heavy atom. The van der Waals surface area contributed by atoms with E-state index in [1.807, 2.05) is 24.3 Å². The van der Waals surface area contributed by atoms with Crippen molar-refractivity contribution in [2.24, 2.45) is 0 Å². The van der Waals surface area contributed by atoms with Gasteiger partial charge in [-0.05, 0) is 37.0 Å². The molecule has 0 spiro atoms. The Hall–Kier alpha value is -2.59. The van der Waals surface area contributed by atoms with Crippen molar-refractivity contribution in [3.05, 3.63) is 78.4 Å². The van der Waals surface area contributed by atoms with Crippen molar-refractivity contribution < 1.29 is 19.7 Å². The first-order valence-electron chi connectivity index (χ1n) is 9.38. The van der Waals surface area contributed by atoms with Crippen LogP contribution in [0.4, 0.5) is 0 Å². The second kappa shape index (κ2) is 14.6. The third-order valence-electron chi connectivity index (χ3n) is 3.67. The molecule has 0 saturated carbocycles. The summed E-state index contributed by atoms with van der Waals surface area (Å²) < 4.78 is 5.56. The predicted octanol–water partition coefficient (Wildman–Crippen LogP) is 4.86. The van der Waals surface area contributed by atoms with Crippen molar-refractivity contribution in [3.63, 3.8) is 0 Å². The highest BCUT2D eigenvalue weighted by Crippen LogP contribution is 2.13. The van der Waals surface area contributed by atoms with Gasteiger partial charge in [-0.1, -0.05) is 67.7 Å². The number of aliphatic carboxylic acids is 1. The van der Waals surface area contributed by atoms with Crippen LogP contribution in [0.5, 0.6) is 5.75 Å². The SMILES string of the molecule is CC/C=C\CC/C=C/C=C\C=C\[C@@H](O)CCOc1ccc(CC(=O)O)cc1. The van der Waals surface area contributed by atoms with Crippen LogP contribution in [0, 0.1) is 0 Å². The molecule has 146 valence electrons. The molecule has 0 unspecified atom stereocenters. The average Bonchev–Trinajstić information content (AvgIpc) is 2.64. The summed E-state index contributed by atoms with van der Waals surface area (Å²) in [4.78, 5) is 10.6. The number of carbonyl (C=O) groups is 1. The number of rotatable bonds is 13. The van der Waals surface area contributed by atoms with Gasteiger partial charge in [0.1, 0.15) is 5.75 Å². The Morgan fingerprint density at radius 1 is 1.04 bits per heavy atom. The van der Waals surface area contributed by atoms with Gasteiger partial charge in [-0.25, -0.2) is 0 Å². The Kier molecular flexibility index (Phi) is 12.1. The maximum atomic E-state index is 10.6. The molecule has 1 aromatic carbocycles. The minimum absolute atomic E-state index is 0.00238. The molecule has 2 N–H and O–H groups in total. The summed E-state index contributed by atoms with van der Waals surface area (Å²) in [6, 6.07) is 6.96. The first kappa shape index (κ1) is 22.5. The average molecular weight is 370 g/mol. The van der Waals surface area contributed by atoms with E-state index in [0.717, 1.165) is 24.8 Å². The van der Waals surface area contributed by atoms with Crippen LogP contribution in [0.15, 0.2) is 72.9 Å². The van der Waals surface area contributed by atoms with Crippen LogP contribution in [0.2, 0.25) is 0 Å². The molecule has 0 saturated heterocycles. The van der Waals surface area contributed by atoms with E-state index in [9.17, 15) is 9.90 Å². The number of aliphatic hydroxyl groups is 1. The van der Waals surface area contributed by atoms with E-state index < -0.39 is 12.1 Å². The van der Waals surface area contributed by atoms with Crippen molar-refractivity contribution >= 4 is 5.97 Å². The van der Waals surface area contributed by atoms with Crippen LogP contribution in [0.25, 0.3) is 0 Å². The van der Waals surface area contributed by atoms with Crippen molar-refractivity contribution in [1.82, 2.24) is 0 Å². The Bertz CT molecular complexity index is 639. The Balaban J connectivity index is 2.19. The van der Waals surface area contributed by atoms with Gasteiger partial charge in [0.2, 0.25) is 0 Å². The van der Waals surface area contributed by atoms with Crippen LogP contribution in [-0.4, -0.2) is 28.9 Å². The molecule has 0 amide bonds. The molecule has 1 aromatic rings. The highest BCUT2D eigenvalue weighted by atomic mass is 16.5. The molecular weight excluding hydrogens is 340 g/mol. The first-order chi connectivity index (χ1) is 13.1. The highest BCUT2D eigenvalue weighted by Gasteiger charge is 2.02. The van der Waals surface area contributed by atoms with Crippen LogP contribution in [0.1, 0.15) is 38.2 Å². The van der Waals surface area contributed by atoms with Crippen molar-refractivity contribution in [3.8, 4) is 5.75 Å². The molecule has 1 atom stereocenters. The van der Waals surface area contributed by atoms with E-state index in [0.29, 0.717) is 18.8 Å². The minimum atomic E-state index is -0.854. The third-order valence-corrected chi connectivity index (χ3v) is 3.67. The van der Waals surface area contributed by atoms with Crippen LogP contribution in [0.3, 0.4) is 0 Å². The zero-order chi connectivity index (χ0) is 19.7. The molecule has 27 heavy (non-hydrogen) atoms. The molecule has 0 radical (unpaired) electrons. The first-order valence-corrected chi connectivity index (χ1v) is 9.38. The standard InChI is InChI=1S/C23H30O4/c1-2-3-4-5-6-7-8-9-10-11-12-21(24)17-18-27-22-15-13-20(14-16-22)19-23(25)26/h3-4,7-16,21,24H,2,5-6,17-19H2,1H3,(H,25,26)/b4-3-,8-7+,10-9-,12-11+/t21-/m1/s1. The summed E-state index contributed by atoms with van der Waals surface area (Å²) in [5.74, 6) is -0.189. The number of benzene rings is 1. The van der Waals surface area contributed by atoms with Crippen LogP contribution in [-0.2, 0) is 11.2 Å². The lowest BCUT2D eigenvalue weighted by Crippen LogP contribution is -2.09. The molecule has 1 rings (SSSR count). The maximum Gasteiger partial charge on any atom is 0.307 e. The van der Waals surface area contributed by atoms with Gasteiger partial charge in [-0.2, -0.15) is 0 Å². The predicted molar refractivity (Wildman–Crippen MR) is 110 cm³/mol. The molecular formula is C23H30O4. The van der Waals surface area contributed by atoms with Gasteiger partial charge in [0.15, 0.2) is 0 Å². The fourth-order valence-corrected chi connectivity index (χ4v) is 2.24. The summed E-state index contributed by atoms with van der Waals surface area (Å²) in [5.41, 5.74) is 0.732. The van der Waals surface area contributed by atoms with Gasteiger partial charge in [0.25, 0.3) is 0 Å². The molecule has 0 aliphatic rings. The molecule has 0 aliphatic carbocycles. The third kappa shape index (κ3) is 12.4. The summed E-state index contributed by atoms with van der Waals surface area (Å²) >= 11 is 0. The van der Waals surface area contributed by atoms with Crippen LogP contribution >= 0.6 is 0 Å². The van der Waals surface area contributed by atoms with E-state index in [1.165, 1.54) is 0 Å². The number of carboxylic acids is 1. The van der Waals surface area contributed by atoms with E-state index in [2.05, 4.69) is 25.2 Å². The van der Waals surface area contributed by atoms with E-state index >= 15 is 0 Å². The lowest BCUT2D eigenvalue weighted by molar-refractivity contribution is -0.136. The normalized spacial score (nSPS) is 13.3. The number of hydrogen-bond acceptors (Lipinski definition) is 3. The second-order valence-corrected chi connectivity index (χ2v) is 6.07. The second-order valence-electron chi connectivity index (χ2n) is 6.07. The zero-order valence-corrected chi connectivity index (χ0v) is 16.0. The van der Waals surface area contributed by atoms with Gasteiger partial charge >= 0.3 is 5.97 Å². The van der Waals surface area contributed by atoms with Gasteiger partial charge in [-0.15, -0.1) is 0 Å².